The number of aliphatic imine (C=N–C) groups is 2. The van der Waals surface area contributed by atoms with Crippen molar-refractivity contribution in [3.05, 3.63) is 108 Å². The SMILES string of the molecule is Oc1ccc2ccccc2c1C=Nc1ccccc1N=Cc1c(O)ccc2ccccc12. The van der Waals surface area contributed by atoms with Gasteiger partial charge in [-0.2, -0.15) is 0 Å². The molecular formula is C28H20N2O2. The zero-order valence-electron chi connectivity index (χ0n) is 17.2. The Hall–Kier alpha value is -4.44. The normalized spacial score (nSPS) is 11.8. The molecule has 0 aliphatic rings. The number of fused-ring (bicyclic) bond motifs is 2. The molecule has 2 N–H and O–H groups in total. The van der Waals surface area contributed by atoms with Crippen LogP contribution in [0.15, 0.2) is 107 Å². The molecule has 0 aromatic heterocycles. The number of aromatic hydroxyl groups is 2. The summed E-state index contributed by atoms with van der Waals surface area (Å²) in [5.41, 5.74) is 2.65. The highest BCUT2D eigenvalue weighted by molar-refractivity contribution is 6.04. The minimum atomic E-state index is 0.175. The molecule has 0 saturated carbocycles. The second-order valence-corrected chi connectivity index (χ2v) is 7.44. The molecule has 5 aromatic carbocycles. The summed E-state index contributed by atoms with van der Waals surface area (Å²) in [6.45, 7) is 0. The van der Waals surface area contributed by atoms with Crippen LogP contribution in [0.1, 0.15) is 11.1 Å². The van der Waals surface area contributed by atoms with E-state index in [-0.39, 0.29) is 11.5 Å². The molecule has 0 bridgehead atoms. The topological polar surface area (TPSA) is 65.2 Å². The van der Waals surface area contributed by atoms with Crippen molar-refractivity contribution >= 4 is 45.3 Å². The van der Waals surface area contributed by atoms with E-state index in [4.69, 9.17) is 0 Å². The van der Waals surface area contributed by atoms with E-state index >= 15 is 0 Å². The van der Waals surface area contributed by atoms with Gasteiger partial charge in [0.1, 0.15) is 11.5 Å². The molecule has 5 aromatic rings. The second kappa shape index (κ2) is 8.36. The molecule has 0 aliphatic heterocycles. The summed E-state index contributed by atoms with van der Waals surface area (Å²) < 4.78 is 0. The van der Waals surface area contributed by atoms with Crippen LogP contribution in [0.4, 0.5) is 11.4 Å². The van der Waals surface area contributed by atoms with Crippen LogP contribution >= 0.6 is 0 Å². The molecule has 0 atom stereocenters. The molecule has 0 heterocycles. The quantitative estimate of drug-likeness (QED) is 0.313. The Bertz CT molecular complexity index is 1390. The maximum atomic E-state index is 10.4. The van der Waals surface area contributed by atoms with Gasteiger partial charge in [-0.1, -0.05) is 72.8 Å². The largest absolute Gasteiger partial charge is 0.507 e. The molecule has 0 fully saturated rings. The third kappa shape index (κ3) is 3.70. The Kier molecular flexibility index (Phi) is 5.10. The maximum absolute atomic E-state index is 10.4. The first-order valence-electron chi connectivity index (χ1n) is 10.3. The number of nitrogens with zero attached hydrogens (tertiary/aromatic N) is 2. The lowest BCUT2D eigenvalue weighted by Gasteiger charge is -2.06. The molecule has 4 heteroatoms. The highest BCUT2D eigenvalue weighted by atomic mass is 16.3. The van der Waals surface area contributed by atoms with Gasteiger partial charge in [-0.15, -0.1) is 0 Å². The molecule has 0 amide bonds. The lowest BCUT2D eigenvalue weighted by atomic mass is 10.0. The highest BCUT2D eigenvalue weighted by Gasteiger charge is 2.07. The molecular weight excluding hydrogens is 396 g/mol. The Labute approximate surface area is 185 Å². The van der Waals surface area contributed by atoms with Crippen molar-refractivity contribution in [1.82, 2.24) is 0 Å². The van der Waals surface area contributed by atoms with Crippen LogP contribution in [0.25, 0.3) is 21.5 Å². The Morgan fingerprint density at radius 1 is 0.469 bits per heavy atom. The zero-order valence-corrected chi connectivity index (χ0v) is 17.2. The highest BCUT2D eigenvalue weighted by Crippen LogP contribution is 2.31. The minimum Gasteiger partial charge on any atom is -0.507 e. The Morgan fingerprint density at radius 2 is 0.875 bits per heavy atom. The van der Waals surface area contributed by atoms with Crippen molar-refractivity contribution in [2.45, 2.75) is 0 Å². The van der Waals surface area contributed by atoms with Crippen molar-refractivity contribution in [2.75, 3.05) is 0 Å². The Morgan fingerprint density at radius 3 is 1.34 bits per heavy atom. The predicted molar refractivity (Wildman–Crippen MR) is 132 cm³/mol. The van der Waals surface area contributed by atoms with Crippen LogP contribution in [-0.2, 0) is 0 Å². The van der Waals surface area contributed by atoms with Gasteiger partial charge in [0, 0.05) is 23.6 Å². The molecule has 32 heavy (non-hydrogen) atoms. The van der Waals surface area contributed by atoms with Gasteiger partial charge in [0.25, 0.3) is 0 Å². The number of phenols is 2. The summed E-state index contributed by atoms with van der Waals surface area (Å²) in [7, 11) is 0. The van der Waals surface area contributed by atoms with Crippen molar-refractivity contribution in [3.63, 3.8) is 0 Å². The average molecular weight is 416 g/mol. The average Bonchev–Trinajstić information content (AvgIpc) is 2.83. The van der Waals surface area contributed by atoms with Crippen LogP contribution < -0.4 is 0 Å². The van der Waals surface area contributed by atoms with Crippen LogP contribution in [-0.4, -0.2) is 22.6 Å². The van der Waals surface area contributed by atoms with Crippen LogP contribution in [0, 0.1) is 0 Å². The fourth-order valence-electron chi connectivity index (χ4n) is 3.79. The smallest absolute Gasteiger partial charge is 0.124 e. The summed E-state index contributed by atoms with van der Waals surface area (Å²) in [6.07, 6.45) is 3.34. The van der Waals surface area contributed by atoms with E-state index in [1.807, 2.05) is 84.9 Å². The van der Waals surface area contributed by atoms with E-state index in [2.05, 4.69) is 9.98 Å². The van der Waals surface area contributed by atoms with Crippen molar-refractivity contribution in [1.29, 1.82) is 0 Å². The fraction of sp³-hybridized carbons (Fsp3) is 0. The minimum absolute atomic E-state index is 0.175. The van der Waals surface area contributed by atoms with Gasteiger partial charge < -0.3 is 10.2 Å². The van der Waals surface area contributed by atoms with Gasteiger partial charge in [0.2, 0.25) is 0 Å². The molecule has 0 radical (unpaired) electrons. The van der Waals surface area contributed by atoms with Gasteiger partial charge in [-0.25, -0.2) is 0 Å². The summed E-state index contributed by atoms with van der Waals surface area (Å²) in [5.74, 6) is 0.350. The molecule has 5 rings (SSSR count). The number of hydrogen-bond acceptors (Lipinski definition) is 4. The van der Waals surface area contributed by atoms with Crippen molar-refractivity contribution in [3.8, 4) is 11.5 Å². The maximum Gasteiger partial charge on any atom is 0.124 e. The standard InChI is InChI=1S/C28H20N2O2/c31-27-15-13-19-7-1-3-9-21(19)23(27)17-29-25-11-5-6-12-26(25)30-18-24-22-10-4-2-8-20(22)14-16-28(24)32/h1-18,31-32H. The first-order valence-corrected chi connectivity index (χ1v) is 10.3. The Balaban J connectivity index is 1.54. The van der Waals surface area contributed by atoms with E-state index in [9.17, 15) is 10.2 Å². The van der Waals surface area contributed by atoms with E-state index in [0.717, 1.165) is 21.5 Å². The van der Waals surface area contributed by atoms with Gasteiger partial charge >= 0.3 is 0 Å². The van der Waals surface area contributed by atoms with Crippen molar-refractivity contribution < 1.29 is 10.2 Å². The number of phenolic OH excluding ortho intramolecular Hbond substituents is 2. The third-order valence-electron chi connectivity index (χ3n) is 5.44. The van der Waals surface area contributed by atoms with Gasteiger partial charge in [-0.3, -0.25) is 9.98 Å². The van der Waals surface area contributed by atoms with E-state index < -0.39 is 0 Å². The fourth-order valence-corrected chi connectivity index (χ4v) is 3.79. The molecule has 0 saturated heterocycles. The number of rotatable bonds is 4. The monoisotopic (exact) mass is 416 g/mol. The van der Waals surface area contributed by atoms with Crippen LogP contribution in [0.3, 0.4) is 0 Å². The predicted octanol–water partition coefficient (Wildman–Crippen LogP) is 6.91. The lowest BCUT2D eigenvalue weighted by Crippen LogP contribution is -1.87. The van der Waals surface area contributed by atoms with Gasteiger partial charge in [0.15, 0.2) is 0 Å². The zero-order chi connectivity index (χ0) is 21.9. The van der Waals surface area contributed by atoms with E-state index in [1.165, 1.54) is 0 Å². The number of hydrogen-bond donors (Lipinski definition) is 2. The van der Waals surface area contributed by atoms with Crippen molar-refractivity contribution in [2.24, 2.45) is 9.98 Å². The van der Waals surface area contributed by atoms with E-state index in [1.54, 1.807) is 24.6 Å². The van der Waals surface area contributed by atoms with Crippen LogP contribution in [0.2, 0.25) is 0 Å². The summed E-state index contributed by atoms with van der Waals surface area (Å²) in [4.78, 5) is 9.25. The van der Waals surface area contributed by atoms with Crippen LogP contribution in [0.5, 0.6) is 11.5 Å². The van der Waals surface area contributed by atoms with Gasteiger partial charge in [0.05, 0.1) is 11.4 Å². The first-order chi connectivity index (χ1) is 15.7. The summed E-state index contributed by atoms with van der Waals surface area (Å²) >= 11 is 0. The third-order valence-corrected chi connectivity index (χ3v) is 5.44. The molecule has 0 spiro atoms. The molecule has 0 aliphatic carbocycles. The lowest BCUT2D eigenvalue weighted by molar-refractivity contribution is 0.475. The summed E-state index contributed by atoms with van der Waals surface area (Å²) in [5, 5.41) is 24.7. The molecule has 4 nitrogen and oxygen atoms in total. The first kappa shape index (κ1) is 19.5. The van der Waals surface area contributed by atoms with E-state index in [0.29, 0.717) is 22.5 Å². The second-order valence-electron chi connectivity index (χ2n) is 7.44. The number of para-hydroxylation sites is 2. The number of benzene rings is 5. The van der Waals surface area contributed by atoms with Gasteiger partial charge in [-0.05, 0) is 45.8 Å². The summed E-state index contributed by atoms with van der Waals surface area (Å²) in [6, 6.07) is 30.4. The molecule has 154 valence electrons. The molecule has 0 unspecified atom stereocenters.